The molecule has 0 unspecified atom stereocenters. The molecule has 0 radical (unpaired) electrons. The molecule has 6 nitrogen and oxygen atoms in total. The van der Waals surface area contributed by atoms with Gasteiger partial charge < -0.3 is 29.4 Å². The molecular formula is C33H51ClN6Si. The normalized spacial score (nSPS) is 11.4. The van der Waals surface area contributed by atoms with Crippen LogP contribution in [0.15, 0.2) is 36.4 Å². The first kappa shape index (κ1) is 32.5. The maximum Gasteiger partial charge on any atom is 0.260 e. The van der Waals surface area contributed by atoms with Gasteiger partial charge >= 0.3 is 0 Å². The molecule has 3 rings (SSSR count). The van der Waals surface area contributed by atoms with E-state index in [2.05, 4.69) is 171 Å². The summed E-state index contributed by atoms with van der Waals surface area (Å²) in [6.45, 7) is 6.61. The number of aryl methyl sites for hydroxylation is 3. The SMILES string of the molecule is Cc1ccc(N(C)C)c([Si](Cl)(c2c(N(C)C)ccc(C)c2N(C)C)c2c(N(C)C)ccc(C)c2N(C)C)c1N(C)C. The largest absolute Gasteiger partial charge is 0.378 e. The summed E-state index contributed by atoms with van der Waals surface area (Å²) in [5, 5.41) is 3.63. The highest BCUT2D eigenvalue weighted by Gasteiger charge is 2.50. The van der Waals surface area contributed by atoms with Gasteiger partial charge in [0.05, 0.1) is 0 Å². The third kappa shape index (κ3) is 5.58. The number of benzene rings is 3. The molecule has 0 atom stereocenters. The van der Waals surface area contributed by atoms with Gasteiger partial charge in [0, 0.05) is 134 Å². The molecule has 3 aromatic carbocycles. The second-order valence-electron chi connectivity index (χ2n) is 12.4. The average Bonchev–Trinajstić information content (AvgIpc) is 2.86. The van der Waals surface area contributed by atoms with E-state index in [1.54, 1.807) is 0 Å². The first-order valence-electron chi connectivity index (χ1n) is 14.1. The number of nitrogens with zero attached hydrogens (tertiary/aromatic N) is 6. The van der Waals surface area contributed by atoms with E-state index in [0.29, 0.717) is 0 Å². The van der Waals surface area contributed by atoms with Crippen LogP contribution in [0.1, 0.15) is 16.7 Å². The minimum Gasteiger partial charge on any atom is -0.378 e. The summed E-state index contributed by atoms with van der Waals surface area (Å²) in [7, 11) is 22.2. The number of hydrogen-bond acceptors (Lipinski definition) is 6. The third-order valence-corrected chi connectivity index (χ3v) is 13.1. The third-order valence-electron chi connectivity index (χ3n) is 7.89. The molecule has 0 saturated heterocycles. The van der Waals surface area contributed by atoms with E-state index in [1.807, 2.05) is 0 Å². The van der Waals surface area contributed by atoms with Crippen LogP contribution in [-0.2, 0) is 0 Å². The second kappa shape index (κ2) is 12.1. The molecule has 0 aliphatic rings. The van der Waals surface area contributed by atoms with Crippen LogP contribution in [0.2, 0.25) is 0 Å². The van der Waals surface area contributed by atoms with Gasteiger partial charge in [-0.1, -0.05) is 18.2 Å². The number of anilines is 6. The van der Waals surface area contributed by atoms with E-state index in [0.717, 1.165) is 17.1 Å². The van der Waals surface area contributed by atoms with Gasteiger partial charge in [0.15, 0.2) is 0 Å². The van der Waals surface area contributed by atoms with Gasteiger partial charge in [-0.3, -0.25) is 0 Å². The summed E-state index contributed by atoms with van der Waals surface area (Å²) in [5.41, 5.74) is 10.6. The van der Waals surface area contributed by atoms with Gasteiger partial charge in [-0.05, 0) is 55.7 Å². The molecule has 224 valence electrons. The standard InChI is InChI=1S/C33H51ClN6Si/c1-22-16-19-25(35(4)5)31(28(22)38(10)11)41(34,32-26(36(6)7)20-17-23(2)29(32)39(12)13)33-27(37(8)9)21-18-24(3)30(33)40(14)15/h16-21H,1-15H3. The minimum atomic E-state index is -3.39. The fourth-order valence-electron chi connectivity index (χ4n) is 6.29. The van der Waals surface area contributed by atoms with Gasteiger partial charge in [-0.15, -0.1) is 11.1 Å². The van der Waals surface area contributed by atoms with Crippen molar-refractivity contribution >= 4 is 68.1 Å². The number of hydrogen-bond donors (Lipinski definition) is 0. The Kier molecular flexibility index (Phi) is 9.56. The van der Waals surface area contributed by atoms with E-state index in [4.69, 9.17) is 11.1 Å². The van der Waals surface area contributed by atoms with Crippen molar-refractivity contribution in [3.63, 3.8) is 0 Å². The van der Waals surface area contributed by atoms with Gasteiger partial charge in [0.25, 0.3) is 7.38 Å². The zero-order valence-corrected chi connectivity index (χ0v) is 29.8. The lowest BCUT2D eigenvalue weighted by Gasteiger charge is -2.42. The Hall–Kier alpha value is -3.03. The van der Waals surface area contributed by atoms with Crippen LogP contribution < -0.4 is 45.0 Å². The van der Waals surface area contributed by atoms with E-state index < -0.39 is 7.38 Å². The molecule has 0 heterocycles. The van der Waals surface area contributed by atoms with Crippen molar-refractivity contribution in [1.82, 2.24) is 0 Å². The highest BCUT2D eigenvalue weighted by molar-refractivity contribution is 7.42. The van der Waals surface area contributed by atoms with E-state index in [9.17, 15) is 0 Å². The number of halogens is 1. The van der Waals surface area contributed by atoms with Crippen LogP contribution in [0, 0.1) is 20.8 Å². The molecule has 0 bridgehead atoms. The van der Waals surface area contributed by atoms with Gasteiger partial charge in [-0.25, -0.2) is 0 Å². The lowest BCUT2D eigenvalue weighted by molar-refractivity contribution is 1.09. The molecule has 0 fully saturated rings. The Morgan fingerprint density at radius 2 is 0.610 bits per heavy atom. The van der Waals surface area contributed by atoms with Crippen molar-refractivity contribution in [3.8, 4) is 0 Å². The van der Waals surface area contributed by atoms with Crippen LogP contribution >= 0.6 is 11.1 Å². The fraction of sp³-hybridized carbons (Fsp3) is 0.455. The van der Waals surface area contributed by atoms with Crippen LogP contribution in [0.5, 0.6) is 0 Å². The fourth-order valence-corrected chi connectivity index (χ4v) is 12.9. The Labute approximate surface area is 255 Å². The lowest BCUT2D eigenvalue weighted by atomic mass is 10.1. The maximum absolute atomic E-state index is 8.81. The summed E-state index contributed by atoms with van der Waals surface area (Å²) < 4.78 is 0. The van der Waals surface area contributed by atoms with Crippen molar-refractivity contribution in [2.45, 2.75) is 20.8 Å². The summed E-state index contributed by atoms with van der Waals surface area (Å²) >= 11 is 8.81. The maximum atomic E-state index is 8.81. The zero-order chi connectivity index (χ0) is 31.1. The number of rotatable bonds is 9. The predicted octanol–water partition coefficient (Wildman–Crippen LogP) is 4.21. The van der Waals surface area contributed by atoms with E-state index >= 15 is 0 Å². The molecule has 0 aliphatic heterocycles. The quantitative estimate of drug-likeness (QED) is 0.208. The van der Waals surface area contributed by atoms with Gasteiger partial charge in [0.2, 0.25) is 0 Å². The smallest absolute Gasteiger partial charge is 0.260 e. The molecular weight excluding hydrogens is 544 g/mol. The van der Waals surface area contributed by atoms with Gasteiger partial charge in [0.1, 0.15) is 0 Å². The van der Waals surface area contributed by atoms with Crippen molar-refractivity contribution < 1.29 is 0 Å². The van der Waals surface area contributed by atoms with E-state index in [-0.39, 0.29) is 0 Å². The summed E-state index contributed by atoms with van der Waals surface area (Å²) in [4.78, 5) is 13.4. The first-order chi connectivity index (χ1) is 19.0. The molecule has 41 heavy (non-hydrogen) atoms. The Morgan fingerprint density at radius 1 is 0.390 bits per heavy atom. The predicted molar refractivity (Wildman–Crippen MR) is 190 cm³/mol. The van der Waals surface area contributed by atoms with Crippen molar-refractivity contribution in [1.29, 1.82) is 0 Å². The molecule has 3 aromatic rings. The molecule has 0 N–H and O–H groups in total. The Balaban J connectivity index is 2.92. The minimum absolute atomic E-state index is 1.15. The van der Waals surface area contributed by atoms with Crippen LogP contribution in [0.25, 0.3) is 0 Å². The van der Waals surface area contributed by atoms with Crippen molar-refractivity contribution in [2.75, 3.05) is 114 Å². The highest BCUT2D eigenvalue weighted by Crippen LogP contribution is 2.38. The Morgan fingerprint density at radius 3 is 0.780 bits per heavy atom. The molecule has 0 aromatic heterocycles. The summed E-state index contributed by atoms with van der Waals surface area (Å²) in [6.07, 6.45) is 0. The molecule has 0 spiro atoms. The Bertz CT molecular complexity index is 1240. The highest BCUT2D eigenvalue weighted by atomic mass is 35.6. The van der Waals surface area contributed by atoms with E-state index in [1.165, 1.54) is 49.3 Å². The van der Waals surface area contributed by atoms with Crippen LogP contribution in [0.4, 0.5) is 34.1 Å². The van der Waals surface area contributed by atoms with Crippen LogP contribution in [-0.4, -0.2) is 92.0 Å². The molecule has 8 heteroatoms. The monoisotopic (exact) mass is 594 g/mol. The van der Waals surface area contributed by atoms with Crippen molar-refractivity contribution in [2.24, 2.45) is 0 Å². The zero-order valence-electron chi connectivity index (χ0n) is 28.0. The first-order valence-corrected chi connectivity index (χ1v) is 17.1. The summed E-state index contributed by atoms with van der Waals surface area (Å²) in [6, 6.07) is 13.4. The summed E-state index contributed by atoms with van der Waals surface area (Å²) in [5.74, 6) is 0. The lowest BCUT2D eigenvalue weighted by Crippen LogP contribution is -2.67. The van der Waals surface area contributed by atoms with Crippen LogP contribution in [0.3, 0.4) is 0 Å². The second-order valence-corrected chi connectivity index (χ2v) is 16.9. The van der Waals surface area contributed by atoms with Gasteiger partial charge in [-0.2, -0.15) is 0 Å². The topological polar surface area (TPSA) is 19.4 Å². The average molecular weight is 595 g/mol. The molecule has 0 amide bonds. The molecule has 0 aliphatic carbocycles. The van der Waals surface area contributed by atoms with Crippen molar-refractivity contribution in [3.05, 3.63) is 53.1 Å². The molecule has 0 saturated carbocycles.